The van der Waals surface area contributed by atoms with E-state index in [1.807, 2.05) is 0 Å². The van der Waals surface area contributed by atoms with Crippen LogP contribution in [0.25, 0.3) is 11.2 Å². The minimum absolute atomic E-state index is 0.126. The molecule has 0 aliphatic carbocycles. The van der Waals surface area contributed by atoms with Crippen LogP contribution in [-0.4, -0.2) is 32.2 Å². The lowest BCUT2D eigenvalue weighted by Crippen LogP contribution is -2.20. The maximum Gasteiger partial charge on any atom is 0.347 e. The van der Waals surface area contributed by atoms with Gasteiger partial charge in [0.1, 0.15) is 5.52 Å². The molecule has 2 aromatic heterocycles. The van der Waals surface area contributed by atoms with Gasteiger partial charge in [-0.15, -0.1) is 0 Å². The van der Waals surface area contributed by atoms with Gasteiger partial charge in [-0.05, 0) is 6.92 Å². The number of aryl methyl sites for hydroxylation is 1. The number of hydrogen-bond donors (Lipinski definition) is 2. The topological polar surface area (TPSA) is 97.2 Å². The van der Waals surface area contributed by atoms with Crippen LogP contribution in [0.4, 0.5) is 0 Å². The molecule has 0 saturated carbocycles. The Bertz CT molecular complexity index is 641. The van der Waals surface area contributed by atoms with Crippen molar-refractivity contribution in [1.29, 1.82) is 0 Å². The van der Waals surface area contributed by atoms with Gasteiger partial charge in [0.05, 0.1) is 12.9 Å². The van der Waals surface area contributed by atoms with E-state index in [2.05, 4.69) is 9.97 Å². The Morgan fingerprint density at radius 3 is 3.00 bits per heavy atom. The molecule has 0 aromatic carbocycles. The Kier molecular flexibility index (Phi) is 2.58. The monoisotopic (exact) mass is 237 g/mol. The van der Waals surface area contributed by atoms with Gasteiger partial charge >= 0.3 is 5.97 Å². The van der Waals surface area contributed by atoms with Crippen LogP contribution in [0.3, 0.4) is 0 Å². The van der Waals surface area contributed by atoms with Crippen molar-refractivity contribution in [2.24, 2.45) is 7.05 Å². The van der Waals surface area contributed by atoms with Crippen LogP contribution in [-0.2, 0) is 11.8 Å². The third-order valence-electron chi connectivity index (χ3n) is 2.34. The van der Waals surface area contributed by atoms with E-state index in [9.17, 15) is 14.7 Å². The fourth-order valence-corrected chi connectivity index (χ4v) is 1.59. The molecule has 0 bridgehead atoms. The highest BCUT2D eigenvalue weighted by Gasteiger charge is 2.22. The highest BCUT2D eigenvalue weighted by molar-refractivity contribution is 5.97. The lowest BCUT2D eigenvalue weighted by atomic mass is 10.2. The molecule has 2 heterocycles. The summed E-state index contributed by atoms with van der Waals surface area (Å²) >= 11 is 0. The van der Waals surface area contributed by atoms with Gasteiger partial charge in [-0.25, -0.2) is 9.78 Å². The van der Waals surface area contributed by atoms with E-state index in [0.29, 0.717) is 0 Å². The number of carbonyl (C=O) groups is 1. The normalized spacial score (nSPS) is 10.7. The molecule has 2 rings (SSSR count). The zero-order valence-corrected chi connectivity index (χ0v) is 9.35. The lowest BCUT2D eigenvalue weighted by Gasteiger charge is -2.05. The molecule has 2 aromatic rings. The first-order valence-corrected chi connectivity index (χ1v) is 4.99. The molecular formula is C10H11N3O4. The first kappa shape index (κ1) is 11.2. The van der Waals surface area contributed by atoms with Crippen LogP contribution in [0.15, 0.2) is 11.1 Å². The average molecular weight is 237 g/mol. The molecule has 0 spiro atoms. The summed E-state index contributed by atoms with van der Waals surface area (Å²) in [7, 11) is 1.64. The van der Waals surface area contributed by atoms with Crippen molar-refractivity contribution in [3.8, 4) is 5.75 Å². The number of aromatic nitrogens is 3. The number of carbonyl (C=O) groups excluding carboxylic acids is 1. The number of nitrogens with one attached hydrogen (secondary N) is 1. The number of pyridine rings is 1. The van der Waals surface area contributed by atoms with E-state index >= 15 is 0 Å². The molecule has 0 saturated heterocycles. The van der Waals surface area contributed by atoms with Gasteiger partial charge < -0.3 is 19.4 Å². The average Bonchev–Trinajstić information content (AvgIpc) is 2.60. The molecule has 2 N–H and O–H groups in total. The Hall–Kier alpha value is -2.31. The number of imidazole rings is 1. The van der Waals surface area contributed by atoms with Crippen molar-refractivity contribution >= 4 is 17.1 Å². The number of esters is 1. The molecule has 90 valence electrons. The number of aromatic hydroxyl groups is 1. The number of ether oxygens (including phenoxy) is 1. The summed E-state index contributed by atoms with van der Waals surface area (Å²) in [5.41, 5.74) is -0.606. The van der Waals surface area contributed by atoms with Crippen molar-refractivity contribution in [1.82, 2.24) is 14.5 Å². The number of H-pyrrole nitrogens is 1. The summed E-state index contributed by atoms with van der Waals surface area (Å²) in [5.74, 6) is -1.27. The number of rotatable bonds is 2. The molecule has 17 heavy (non-hydrogen) atoms. The second-order valence-corrected chi connectivity index (χ2v) is 3.45. The smallest absolute Gasteiger partial charge is 0.347 e. The maximum atomic E-state index is 11.6. The van der Waals surface area contributed by atoms with Gasteiger partial charge in [0, 0.05) is 7.05 Å². The third-order valence-corrected chi connectivity index (χ3v) is 2.34. The van der Waals surface area contributed by atoms with E-state index in [-0.39, 0.29) is 17.8 Å². The first-order chi connectivity index (χ1) is 8.06. The SMILES string of the molecule is CCOC(=O)c1c(O)c2c(ncn2C)[nH]c1=O. The summed E-state index contributed by atoms with van der Waals surface area (Å²) in [4.78, 5) is 29.4. The van der Waals surface area contributed by atoms with Crippen LogP contribution >= 0.6 is 0 Å². The van der Waals surface area contributed by atoms with Crippen LogP contribution in [0.2, 0.25) is 0 Å². The standard InChI is InChI=1S/C10H11N3O4/c1-3-17-10(16)5-7(14)6-8(12-9(5)15)11-4-13(6)2/h4H,3H2,1-2H3,(H2,12,14,15). The second-order valence-electron chi connectivity index (χ2n) is 3.45. The van der Waals surface area contributed by atoms with Gasteiger partial charge in [-0.3, -0.25) is 4.79 Å². The summed E-state index contributed by atoms with van der Waals surface area (Å²) < 4.78 is 6.21. The predicted molar refractivity (Wildman–Crippen MR) is 59.0 cm³/mol. The van der Waals surface area contributed by atoms with Crippen molar-refractivity contribution in [2.45, 2.75) is 6.92 Å². The van der Waals surface area contributed by atoms with E-state index in [4.69, 9.17) is 4.74 Å². The molecule has 7 nitrogen and oxygen atoms in total. The summed E-state index contributed by atoms with van der Waals surface area (Å²) in [6.45, 7) is 1.74. The lowest BCUT2D eigenvalue weighted by molar-refractivity contribution is 0.0521. The van der Waals surface area contributed by atoms with E-state index in [1.165, 1.54) is 10.9 Å². The maximum absolute atomic E-state index is 11.6. The van der Waals surface area contributed by atoms with E-state index in [1.54, 1.807) is 14.0 Å². The summed E-state index contributed by atoms with van der Waals surface area (Å²) in [6, 6.07) is 0. The predicted octanol–water partition coefficient (Wildman–Crippen LogP) is 0.144. The molecule has 0 amide bonds. The molecule has 7 heteroatoms. The minimum Gasteiger partial charge on any atom is -0.505 e. The van der Waals surface area contributed by atoms with Crippen LogP contribution in [0, 0.1) is 0 Å². The van der Waals surface area contributed by atoms with Gasteiger partial charge in [-0.2, -0.15) is 0 Å². The third kappa shape index (κ3) is 1.65. The molecule has 0 unspecified atom stereocenters. The molecule has 0 radical (unpaired) electrons. The largest absolute Gasteiger partial charge is 0.505 e. The minimum atomic E-state index is -0.852. The van der Waals surface area contributed by atoms with Crippen molar-refractivity contribution in [2.75, 3.05) is 6.61 Å². The summed E-state index contributed by atoms with van der Waals surface area (Å²) in [5, 5.41) is 9.92. The van der Waals surface area contributed by atoms with E-state index < -0.39 is 22.8 Å². The molecule has 0 atom stereocenters. The van der Waals surface area contributed by atoms with Gasteiger partial charge in [0.15, 0.2) is 17.0 Å². The fraction of sp³-hybridized carbons (Fsp3) is 0.300. The summed E-state index contributed by atoms with van der Waals surface area (Å²) in [6.07, 6.45) is 1.43. The Morgan fingerprint density at radius 2 is 2.35 bits per heavy atom. The Labute approximate surface area is 95.7 Å². The first-order valence-electron chi connectivity index (χ1n) is 4.99. The highest BCUT2D eigenvalue weighted by Crippen LogP contribution is 2.23. The molecular weight excluding hydrogens is 226 g/mol. The number of nitrogens with zero attached hydrogens (tertiary/aromatic N) is 2. The molecule has 0 aliphatic heterocycles. The van der Waals surface area contributed by atoms with Gasteiger partial charge in [-0.1, -0.05) is 0 Å². The van der Waals surface area contributed by atoms with Crippen LogP contribution < -0.4 is 5.56 Å². The number of fused-ring (bicyclic) bond motifs is 1. The second kappa shape index (κ2) is 3.93. The highest BCUT2D eigenvalue weighted by atomic mass is 16.5. The Balaban J connectivity index is 2.75. The zero-order chi connectivity index (χ0) is 12.6. The molecule has 0 aliphatic rings. The van der Waals surface area contributed by atoms with Crippen LogP contribution in [0.1, 0.15) is 17.3 Å². The van der Waals surface area contributed by atoms with E-state index in [0.717, 1.165) is 0 Å². The van der Waals surface area contributed by atoms with Crippen molar-refractivity contribution < 1.29 is 14.6 Å². The number of aromatic amines is 1. The quantitative estimate of drug-likeness (QED) is 0.724. The van der Waals surface area contributed by atoms with Crippen LogP contribution in [0.5, 0.6) is 5.75 Å². The van der Waals surface area contributed by atoms with Gasteiger partial charge in [0.25, 0.3) is 5.56 Å². The van der Waals surface area contributed by atoms with Crippen molar-refractivity contribution in [3.63, 3.8) is 0 Å². The number of hydrogen-bond acceptors (Lipinski definition) is 5. The fourth-order valence-electron chi connectivity index (χ4n) is 1.59. The van der Waals surface area contributed by atoms with Gasteiger partial charge in [0.2, 0.25) is 0 Å². The van der Waals surface area contributed by atoms with Crippen molar-refractivity contribution in [3.05, 3.63) is 22.2 Å². The zero-order valence-electron chi connectivity index (χ0n) is 9.35. The molecule has 0 fully saturated rings. The Morgan fingerprint density at radius 1 is 1.65 bits per heavy atom.